The standard InChI is InChI=1S/C16H22FNO3/c1-4-11(5-2)10-18(6-3)15(19)13-8-7-12(16(20)21)9-14(13)17/h7-9,11H,4-6,10H2,1-3H3,(H,20,21). The van der Waals surface area contributed by atoms with Crippen LogP contribution in [0.5, 0.6) is 0 Å². The predicted octanol–water partition coefficient (Wildman–Crippen LogP) is 3.42. The van der Waals surface area contributed by atoms with Crippen LogP contribution in [0.1, 0.15) is 54.3 Å². The smallest absolute Gasteiger partial charge is 0.335 e. The highest BCUT2D eigenvalue weighted by Crippen LogP contribution is 2.16. The van der Waals surface area contributed by atoms with Crippen LogP contribution in [0.25, 0.3) is 0 Å². The van der Waals surface area contributed by atoms with Gasteiger partial charge in [-0.1, -0.05) is 26.7 Å². The van der Waals surface area contributed by atoms with Crippen LogP contribution in [0.2, 0.25) is 0 Å². The minimum absolute atomic E-state index is 0.0761. The molecule has 0 fully saturated rings. The van der Waals surface area contributed by atoms with Gasteiger partial charge in [0.2, 0.25) is 0 Å². The number of halogens is 1. The number of carboxylic acids is 1. The van der Waals surface area contributed by atoms with Crippen molar-refractivity contribution < 1.29 is 19.1 Å². The third kappa shape index (κ3) is 4.28. The summed E-state index contributed by atoms with van der Waals surface area (Å²) in [5.74, 6) is -2.01. The van der Waals surface area contributed by atoms with Crippen molar-refractivity contribution in [1.29, 1.82) is 0 Å². The normalized spacial score (nSPS) is 10.7. The van der Waals surface area contributed by atoms with Crippen molar-refractivity contribution >= 4 is 11.9 Å². The van der Waals surface area contributed by atoms with Crippen molar-refractivity contribution in [3.63, 3.8) is 0 Å². The van der Waals surface area contributed by atoms with E-state index in [0.29, 0.717) is 19.0 Å². The van der Waals surface area contributed by atoms with E-state index in [9.17, 15) is 14.0 Å². The first-order chi connectivity index (χ1) is 9.94. The maximum Gasteiger partial charge on any atom is 0.335 e. The summed E-state index contributed by atoms with van der Waals surface area (Å²) < 4.78 is 13.9. The molecule has 1 aromatic rings. The summed E-state index contributed by atoms with van der Waals surface area (Å²) in [4.78, 5) is 24.8. The van der Waals surface area contributed by atoms with Gasteiger partial charge in [0.15, 0.2) is 0 Å². The van der Waals surface area contributed by atoms with Gasteiger partial charge in [-0.15, -0.1) is 0 Å². The van der Waals surface area contributed by atoms with Crippen molar-refractivity contribution in [3.8, 4) is 0 Å². The average molecular weight is 295 g/mol. The molecule has 0 bridgehead atoms. The van der Waals surface area contributed by atoms with E-state index in [1.54, 1.807) is 4.90 Å². The fourth-order valence-corrected chi connectivity index (χ4v) is 2.21. The van der Waals surface area contributed by atoms with Crippen LogP contribution in [-0.4, -0.2) is 35.0 Å². The lowest BCUT2D eigenvalue weighted by Crippen LogP contribution is -2.35. The Hall–Kier alpha value is -1.91. The van der Waals surface area contributed by atoms with E-state index in [2.05, 4.69) is 13.8 Å². The van der Waals surface area contributed by atoms with Gasteiger partial charge in [-0.2, -0.15) is 0 Å². The van der Waals surface area contributed by atoms with Crippen LogP contribution in [-0.2, 0) is 0 Å². The largest absolute Gasteiger partial charge is 0.478 e. The Morgan fingerprint density at radius 3 is 2.29 bits per heavy atom. The molecule has 0 unspecified atom stereocenters. The molecule has 0 saturated heterocycles. The third-order valence-corrected chi connectivity index (χ3v) is 3.75. The molecule has 0 radical (unpaired) electrons. The van der Waals surface area contributed by atoms with Gasteiger partial charge in [-0.25, -0.2) is 9.18 Å². The van der Waals surface area contributed by atoms with E-state index in [4.69, 9.17) is 5.11 Å². The SMILES string of the molecule is CCC(CC)CN(CC)C(=O)c1ccc(C(=O)O)cc1F. The molecule has 0 saturated carbocycles. The number of amides is 1. The van der Waals surface area contributed by atoms with Gasteiger partial charge in [0.25, 0.3) is 5.91 Å². The number of benzene rings is 1. The molecular weight excluding hydrogens is 273 g/mol. The second-order valence-electron chi connectivity index (χ2n) is 5.03. The number of carbonyl (C=O) groups excluding carboxylic acids is 1. The molecule has 116 valence electrons. The zero-order valence-electron chi connectivity index (χ0n) is 12.7. The second-order valence-corrected chi connectivity index (χ2v) is 5.03. The molecule has 21 heavy (non-hydrogen) atoms. The fourth-order valence-electron chi connectivity index (χ4n) is 2.21. The van der Waals surface area contributed by atoms with Gasteiger partial charge in [-0.3, -0.25) is 4.79 Å². The zero-order valence-corrected chi connectivity index (χ0v) is 12.7. The molecule has 0 aliphatic carbocycles. The van der Waals surface area contributed by atoms with E-state index in [0.717, 1.165) is 18.9 Å². The lowest BCUT2D eigenvalue weighted by Gasteiger charge is -2.25. The topological polar surface area (TPSA) is 57.6 Å². The summed E-state index contributed by atoms with van der Waals surface area (Å²) in [5.41, 5.74) is -0.236. The summed E-state index contributed by atoms with van der Waals surface area (Å²) >= 11 is 0. The highest BCUT2D eigenvalue weighted by atomic mass is 19.1. The molecule has 0 heterocycles. The molecule has 1 N–H and O–H groups in total. The quantitative estimate of drug-likeness (QED) is 0.838. The number of hydrogen-bond donors (Lipinski definition) is 1. The molecule has 0 aliphatic heterocycles. The molecule has 0 spiro atoms. The first-order valence-electron chi connectivity index (χ1n) is 7.26. The first kappa shape index (κ1) is 17.1. The van der Waals surface area contributed by atoms with E-state index in [1.165, 1.54) is 12.1 Å². The molecule has 0 aliphatic rings. The van der Waals surface area contributed by atoms with Crippen LogP contribution < -0.4 is 0 Å². The Balaban J connectivity index is 2.97. The van der Waals surface area contributed by atoms with E-state index in [1.807, 2.05) is 6.92 Å². The number of nitrogens with zero attached hydrogens (tertiary/aromatic N) is 1. The van der Waals surface area contributed by atoms with Gasteiger partial charge in [0.1, 0.15) is 5.82 Å². The van der Waals surface area contributed by atoms with Crippen LogP contribution in [0.3, 0.4) is 0 Å². The number of carbonyl (C=O) groups is 2. The van der Waals surface area contributed by atoms with Crippen LogP contribution in [0.4, 0.5) is 4.39 Å². The molecule has 5 heteroatoms. The highest BCUT2D eigenvalue weighted by molar-refractivity contribution is 5.96. The van der Waals surface area contributed by atoms with Crippen LogP contribution >= 0.6 is 0 Å². The van der Waals surface area contributed by atoms with Crippen molar-refractivity contribution in [1.82, 2.24) is 4.90 Å². The van der Waals surface area contributed by atoms with Crippen LogP contribution in [0.15, 0.2) is 18.2 Å². The number of aromatic carboxylic acids is 1. The summed E-state index contributed by atoms with van der Waals surface area (Å²) in [5, 5.41) is 8.81. The Labute approximate surface area is 124 Å². The molecular formula is C16H22FNO3. The first-order valence-corrected chi connectivity index (χ1v) is 7.26. The molecule has 0 aromatic heterocycles. The summed E-state index contributed by atoms with van der Waals surface area (Å²) in [6.07, 6.45) is 1.92. The lowest BCUT2D eigenvalue weighted by atomic mass is 10.0. The highest BCUT2D eigenvalue weighted by Gasteiger charge is 2.21. The second kappa shape index (κ2) is 7.76. The Morgan fingerprint density at radius 2 is 1.86 bits per heavy atom. The maximum atomic E-state index is 13.9. The van der Waals surface area contributed by atoms with Gasteiger partial charge >= 0.3 is 5.97 Å². The van der Waals surface area contributed by atoms with Gasteiger partial charge < -0.3 is 10.0 Å². The van der Waals surface area contributed by atoms with Gasteiger partial charge in [0, 0.05) is 13.1 Å². The summed E-state index contributed by atoms with van der Waals surface area (Å²) in [7, 11) is 0. The predicted molar refractivity (Wildman–Crippen MR) is 79.0 cm³/mol. The van der Waals surface area contributed by atoms with E-state index >= 15 is 0 Å². The monoisotopic (exact) mass is 295 g/mol. The average Bonchev–Trinajstić information content (AvgIpc) is 2.47. The Bertz CT molecular complexity index is 512. The van der Waals surface area contributed by atoms with Crippen molar-refractivity contribution in [2.75, 3.05) is 13.1 Å². The van der Waals surface area contributed by atoms with Crippen molar-refractivity contribution in [2.45, 2.75) is 33.6 Å². The Morgan fingerprint density at radius 1 is 1.24 bits per heavy atom. The minimum Gasteiger partial charge on any atom is -0.478 e. The zero-order chi connectivity index (χ0) is 16.0. The van der Waals surface area contributed by atoms with Crippen molar-refractivity contribution in [2.24, 2.45) is 5.92 Å². The molecule has 1 rings (SSSR count). The summed E-state index contributed by atoms with van der Waals surface area (Å²) in [6, 6.07) is 3.39. The van der Waals surface area contributed by atoms with E-state index < -0.39 is 11.8 Å². The minimum atomic E-state index is -1.21. The lowest BCUT2D eigenvalue weighted by molar-refractivity contribution is 0.0690. The number of hydrogen-bond acceptors (Lipinski definition) is 2. The van der Waals surface area contributed by atoms with Gasteiger partial charge in [-0.05, 0) is 31.0 Å². The molecule has 1 amide bonds. The fraction of sp³-hybridized carbons (Fsp3) is 0.500. The number of carboxylic acid groups (broad SMARTS) is 1. The summed E-state index contributed by atoms with van der Waals surface area (Å²) in [6.45, 7) is 7.06. The van der Waals surface area contributed by atoms with Crippen molar-refractivity contribution in [3.05, 3.63) is 35.1 Å². The molecule has 4 nitrogen and oxygen atoms in total. The van der Waals surface area contributed by atoms with Gasteiger partial charge in [0.05, 0.1) is 11.1 Å². The Kier molecular flexibility index (Phi) is 6.34. The molecule has 0 atom stereocenters. The van der Waals surface area contributed by atoms with E-state index in [-0.39, 0.29) is 17.0 Å². The molecule has 1 aromatic carbocycles. The number of rotatable bonds is 7. The maximum absolute atomic E-state index is 13.9. The van der Waals surface area contributed by atoms with Crippen LogP contribution in [0, 0.1) is 11.7 Å². The third-order valence-electron chi connectivity index (χ3n) is 3.75.